The molecule has 1 unspecified atom stereocenters. The average Bonchev–Trinajstić information content (AvgIpc) is 3.03. The number of hydrogen-bond acceptors (Lipinski definition) is 6. The molecular weight excluding hydrogens is 376 g/mol. The first-order valence-electron chi connectivity index (χ1n) is 9.05. The minimum absolute atomic E-state index is 0.137. The maximum absolute atomic E-state index is 11.9. The molecule has 152 valence electrons. The number of urea groups is 1. The number of rotatable bonds is 6. The number of hydrogen-bond donors (Lipinski definition) is 5. The summed E-state index contributed by atoms with van der Waals surface area (Å²) >= 11 is 0. The van der Waals surface area contributed by atoms with Gasteiger partial charge in [-0.2, -0.15) is 0 Å². The summed E-state index contributed by atoms with van der Waals surface area (Å²) in [6.07, 6.45) is 10.2. The number of carbonyl (C=O) groups is 2. The predicted molar refractivity (Wildman–Crippen MR) is 105 cm³/mol. The number of phenols is 1. The number of aromatic hydroxyl groups is 1. The number of benzene rings is 1. The Labute approximate surface area is 167 Å². The molecule has 1 aromatic carbocycles. The fourth-order valence-electron chi connectivity index (χ4n) is 3.51. The van der Waals surface area contributed by atoms with Crippen LogP contribution in [-0.4, -0.2) is 43.8 Å². The average molecular weight is 398 g/mol. The zero-order valence-electron chi connectivity index (χ0n) is 15.6. The third-order valence-electron chi connectivity index (χ3n) is 4.93. The maximum Gasteiger partial charge on any atom is 0.329 e. The van der Waals surface area contributed by atoms with E-state index in [9.17, 15) is 19.8 Å². The topological polar surface area (TPSA) is 130 Å². The van der Waals surface area contributed by atoms with Gasteiger partial charge in [0.25, 0.3) is 0 Å². The summed E-state index contributed by atoms with van der Waals surface area (Å²) in [6, 6.07) is 2.75. The van der Waals surface area contributed by atoms with Crippen LogP contribution in [0.4, 0.5) is 4.79 Å². The summed E-state index contributed by atoms with van der Waals surface area (Å²) in [5.41, 5.74) is 0.216. The first-order valence-corrected chi connectivity index (χ1v) is 9.05. The van der Waals surface area contributed by atoms with E-state index in [0.29, 0.717) is 17.7 Å². The van der Waals surface area contributed by atoms with Crippen molar-refractivity contribution in [3.05, 3.63) is 77.4 Å². The third-order valence-corrected chi connectivity index (χ3v) is 4.93. The molecule has 0 saturated carbocycles. The van der Waals surface area contributed by atoms with Gasteiger partial charge in [-0.25, -0.2) is 4.79 Å². The smallest absolute Gasteiger partial charge is 0.329 e. The van der Waals surface area contributed by atoms with E-state index >= 15 is 0 Å². The van der Waals surface area contributed by atoms with Crippen LogP contribution in [-0.2, 0) is 23.2 Å². The van der Waals surface area contributed by atoms with Gasteiger partial charge in [-0.1, -0.05) is 18.2 Å². The number of amides is 3. The first kappa shape index (κ1) is 20.2. The number of nitrogens with zero attached hydrogens (tertiary/aromatic N) is 1. The lowest BCUT2D eigenvalue weighted by Gasteiger charge is -2.31. The Hall–Kier alpha value is -3.52. The largest absolute Gasteiger partial charge is 0.516 e. The van der Waals surface area contributed by atoms with Crippen molar-refractivity contribution < 1.29 is 30.0 Å². The van der Waals surface area contributed by atoms with Gasteiger partial charge < -0.3 is 20.4 Å². The van der Waals surface area contributed by atoms with Gasteiger partial charge in [0, 0.05) is 23.2 Å². The lowest BCUT2D eigenvalue weighted by molar-refractivity contribution is -0.118. The van der Waals surface area contributed by atoms with E-state index in [1.807, 2.05) is 0 Å². The van der Waals surface area contributed by atoms with E-state index < -0.39 is 17.5 Å². The highest BCUT2D eigenvalue weighted by Gasteiger charge is 2.36. The summed E-state index contributed by atoms with van der Waals surface area (Å²) in [7, 11) is 0. The second-order valence-electron chi connectivity index (χ2n) is 6.82. The molecule has 0 bridgehead atoms. The van der Waals surface area contributed by atoms with Crippen LogP contribution in [0.25, 0.3) is 0 Å². The zero-order valence-corrected chi connectivity index (χ0v) is 15.6. The Morgan fingerprint density at radius 3 is 2.52 bits per heavy atom. The molecule has 0 radical (unpaired) electrons. The number of phenolic OH excluding ortho intramolecular Hbond substituents is 1. The SMILES string of the molecule is O=C1CN(C2=CC(O)(c3ccc(CC=CO)c(CC=CO)c3O)CC=C2)C(=O)N1. The highest BCUT2D eigenvalue weighted by molar-refractivity contribution is 6.03. The van der Waals surface area contributed by atoms with Gasteiger partial charge in [-0.05, 0) is 42.7 Å². The molecule has 29 heavy (non-hydrogen) atoms. The van der Waals surface area contributed by atoms with Gasteiger partial charge in [0.05, 0.1) is 12.5 Å². The van der Waals surface area contributed by atoms with Crippen LogP contribution in [0.1, 0.15) is 23.1 Å². The molecule has 1 fully saturated rings. The molecular formula is C21H22N2O6. The van der Waals surface area contributed by atoms with E-state index in [1.54, 1.807) is 24.3 Å². The van der Waals surface area contributed by atoms with E-state index in [4.69, 9.17) is 10.2 Å². The van der Waals surface area contributed by atoms with Crippen molar-refractivity contribution in [3.8, 4) is 5.75 Å². The molecule has 5 N–H and O–H groups in total. The van der Waals surface area contributed by atoms with Crippen molar-refractivity contribution in [1.82, 2.24) is 10.2 Å². The van der Waals surface area contributed by atoms with Crippen molar-refractivity contribution in [2.45, 2.75) is 24.9 Å². The normalized spacial score (nSPS) is 22.0. The highest BCUT2D eigenvalue weighted by Crippen LogP contribution is 2.40. The van der Waals surface area contributed by atoms with E-state index in [-0.39, 0.29) is 30.7 Å². The van der Waals surface area contributed by atoms with Gasteiger partial charge >= 0.3 is 6.03 Å². The minimum atomic E-state index is -1.59. The molecule has 0 spiro atoms. The van der Waals surface area contributed by atoms with Crippen molar-refractivity contribution in [3.63, 3.8) is 0 Å². The van der Waals surface area contributed by atoms with Crippen LogP contribution in [0.5, 0.6) is 5.75 Å². The van der Waals surface area contributed by atoms with Crippen molar-refractivity contribution in [2.75, 3.05) is 6.54 Å². The number of aliphatic hydroxyl groups is 3. The lowest BCUT2D eigenvalue weighted by atomic mass is 9.83. The Morgan fingerprint density at radius 1 is 1.14 bits per heavy atom. The molecule has 0 aromatic heterocycles. The van der Waals surface area contributed by atoms with Gasteiger partial charge in [-0.3, -0.25) is 15.0 Å². The van der Waals surface area contributed by atoms with Crippen LogP contribution in [0.3, 0.4) is 0 Å². The Morgan fingerprint density at radius 2 is 1.86 bits per heavy atom. The molecule has 1 heterocycles. The lowest BCUT2D eigenvalue weighted by Crippen LogP contribution is -2.32. The van der Waals surface area contributed by atoms with Gasteiger partial charge in [-0.15, -0.1) is 0 Å². The molecule has 1 saturated heterocycles. The molecule has 1 aliphatic heterocycles. The molecule has 8 nitrogen and oxygen atoms in total. The molecule has 3 amide bonds. The second-order valence-corrected chi connectivity index (χ2v) is 6.82. The number of nitrogens with one attached hydrogen (secondary N) is 1. The zero-order chi connectivity index (χ0) is 21.0. The summed E-state index contributed by atoms with van der Waals surface area (Å²) in [6.45, 7) is -0.143. The van der Waals surface area contributed by atoms with E-state index in [2.05, 4.69) is 5.32 Å². The maximum atomic E-state index is 11.9. The summed E-state index contributed by atoms with van der Waals surface area (Å²) < 4.78 is 0. The highest BCUT2D eigenvalue weighted by atomic mass is 16.3. The minimum Gasteiger partial charge on any atom is -0.516 e. The van der Waals surface area contributed by atoms with Gasteiger partial charge in [0.2, 0.25) is 5.91 Å². The summed E-state index contributed by atoms with van der Waals surface area (Å²) in [5, 5.41) is 42.3. The van der Waals surface area contributed by atoms with Gasteiger partial charge in [0.15, 0.2) is 0 Å². The van der Waals surface area contributed by atoms with Crippen LogP contribution in [0.2, 0.25) is 0 Å². The first-order chi connectivity index (χ1) is 13.9. The summed E-state index contributed by atoms with van der Waals surface area (Å²) in [5.74, 6) is -0.567. The Bertz CT molecular complexity index is 947. The number of imide groups is 1. The number of allylic oxidation sites excluding steroid dienone is 3. The quantitative estimate of drug-likeness (QED) is 0.369. The standard InChI is InChI=1S/C21H22N2O6/c24-10-2-4-14-7-8-17(19(27)16(14)6-3-11-25)21(29)9-1-5-15(12-21)23-13-18(26)22-20(23)28/h1-3,5,7-8,10-12,24-25,27,29H,4,6,9,13H2,(H,22,26,28). The molecule has 8 heteroatoms. The van der Waals surface area contributed by atoms with Crippen LogP contribution >= 0.6 is 0 Å². The monoisotopic (exact) mass is 398 g/mol. The van der Waals surface area contributed by atoms with Crippen LogP contribution in [0, 0.1) is 0 Å². The van der Waals surface area contributed by atoms with Crippen LogP contribution in [0.15, 0.2) is 60.7 Å². The Balaban J connectivity index is 2.03. The third kappa shape index (κ3) is 4.02. The van der Waals surface area contributed by atoms with E-state index in [0.717, 1.165) is 18.1 Å². The molecule has 1 aliphatic carbocycles. The molecule has 1 aromatic rings. The molecule has 1 atom stereocenters. The fraction of sp³-hybridized carbons (Fsp3) is 0.238. The fourth-order valence-corrected chi connectivity index (χ4v) is 3.51. The predicted octanol–water partition coefficient (Wildman–Crippen LogP) is 2.20. The molecule has 3 rings (SSSR count). The number of carbonyl (C=O) groups excluding carboxylic acids is 2. The Kier molecular flexibility index (Phi) is 5.74. The molecule has 2 aliphatic rings. The van der Waals surface area contributed by atoms with Crippen molar-refractivity contribution in [2.24, 2.45) is 0 Å². The summed E-state index contributed by atoms with van der Waals surface area (Å²) in [4.78, 5) is 24.6. The van der Waals surface area contributed by atoms with Crippen molar-refractivity contribution in [1.29, 1.82) is 0 Å². The number of aliphatic hydroxyl groups excluding tert-OH is 2. The van der Waals surface area contributed by atoms with Gasteiger partial charge in [0.1, 0.15) is 17.9 Å². The van der Waals surface area contributed by atoms with Crippen molar-refractivity contribution >= 4 is 11.9 Å². The van der Waals surface area contributed by atoms with E-state index in [1.165, 1.54) is 23.1 Å². The second kappa shape index (κ2) is 8.24. The van der Waals surface area contributed by atoms with Crippen LogP contribution < -0.4 is 5.32 Å².